The van der Waals surface area contributed by atoms with Crippen molar-refractivity contribution in [2.45, 2.75) is 6.61 Å². The van der Waals surface area contributed by atoms with Gasteiger partial charge in [-0.25, -0.2) is 9.78 Å². The molecule has 0 radical (unpaired) electrons. The molecule has 2 aromatic rings. The third kappa shape index (κ3) is 3.27. The van der Waals surface area contributed by atoms with Crippen molar-refractivity contribution in [2.24, 2.45) is 0 Å². The maximum atomic E-state index is 10.8. The number of nitrogens with zero attached hydrogens (tertiary/aromatic N) is 2. The van der Waals surface area contributed by atoms with Crippen LogP contribution in [0.5, 0.6) is 5.75 Å². The predicted molar refractivity (Wildman–Crippen MR) is 67.5 cm³/mol. The summed E-state index contributed by atoms with van der Waals surface area (Å²) in [6.07, 6.45) is 3.22. The highest BCUT2D eigenvalue weighted by Gasteiger charge is 2.05. The Balaban J connectivity index is 2.06. The van der Waals surface area contributed by atoms with Gasteiger partial charge < -0.3 is 9.84 Å². The zero-order valence-corrected chi connectivity index (χ0v) is 10.8. The topological polar surface area (TPSA) is 72.3 Å². The van der Waals surface area contributed by atoms with Crippen molar-refractivity contribution in [3.63, 3.8) is 0 Å². The van der Waals surface area contributed by atoms with Gasteiger partial charge in [-0.3, -0.25) is 4.98 Å². The number of carboxylic acid groups (broad SMARTS) is 1. The smallest absolute Gasteiger partial charge is 0.354 e. The molecule has 1 N–H and O–H groups in total. The molecule has 2 aromatic heterocycles. The van der Waals surface area contributed by atoms with Crippen molar-refractivity contribution < 1.29 is 14.6 Å². The highest BCUT2D eigenvalue weighted by molar-refractivity contribution is 9.10. The van der Waals surface area contributed by atoms with Gasteiger partial charge in [-0.05, 0) is 34.1 Å². The summed E-state index contributed by atoms with van der Waals surface area (Å²) in [5, 5.41) is 8.81. The zero-order chi connectivity index (χ0) is 13.0. The molecule has 0 spiro atoms. The summed E-state index contributed by atoms with van der Waals surface area (Å²) in [5.41, 5.74) is 0.554. The minimum atomic E-state index is -1.05. The first-order chi connectivity index (χ1) is 8.65. The van der Waals surface area contributed by atoms with Gasteiger partial charge in [0.1, 0.15) is 18.1 Å². The van der Waals surface area contributed by atoms with Crippen LogP contribution >= 0.6 is 15.9 Å². The van der Waals surface area contributed by atoms with E-state index < -0.39 is 5.97 Å². The summed E-state index contributed by atoms with van der Waals surface area (Å²) in [6, 6.07) is 6.55. The second-order valence-corrected chi connectivity index (χ2v) is 4.36. The molecule has 0 unspecified atom stereocenters. The largest absolute Gasteiger partial charge is 0.486 e. The van der Waals surface area contributed by atoms with Crippen LogP contribution in [0.25, 0.3) is 0 Å². The Kier molecular flexibility index (Phi) is 3.88. The van der Waals surface area contributed by atoms with Crippen LogP contribution in [0, 0.1) is 0 Å². The lowest BCUT2D eigenvalue weighted by Crippen LogP contribution is -2.05. The summed E-state index contributed by atoms with van der Waals surface area (Å²) in [6.45, 7) is 0.194. The number of hydrogen-bond acceptors (Lipinski definition) is 4. The van der Waals surface area contributed by atoms with Crippen molar-refractivity contribution in [3.8, 4) is 5.75 Å². The van der Waals surface area contributed by atoms with Gasteiger partial charge in [0.2, 0.25) is 0 Å². The quantitative estimate of drug-likeness (QED) is 0.939. The minimum Gasteiger partial charge on any atom is -0.486 e. The molecule has 0 atom stereocenters. The van der Waals surface area contributed by atoms with Crippen LogP contribution < -0.4 is 4.74 Å². The van der Waals surface area contributed by atoms with E-state index in [0.717, 1.165) is 4.47 Å². The Morgan fingerprint density at radius 3 is 2.94 bits per heavy atom. The van der Waals surface area contributed by atoms with E-state index in [4.69, 9.17) is 9.84 Å². The second-order valence-electron chi connectivity index (χ2n) is 3.45. The van der Waals surface area contributed by atoms with Crippen LogP contribution in [-0.4, -0.2) is 21.0 Å². The molecule has 0 bridgehead atoms. The molecular formula is C12H9BrN2O3. The highest BCUT2D eigenvalue weighted by atomic mass is 79.9. The maximum Gasteiger partial charge on any atom is 0.354 e. The number of aromatic nitrogens is 2. The van der Waals surface area contributed by atoms with Crippen LogP contribution in [0.4, 0.5) is 0 Å². The van der Waals surface area contributed by atoms with Crippen molar-refractivity contribution in [1.82, 2.24) is 9.97 Å². The van der Waals surface area contributed by atoms with Crippen LogP contribution in [-0.2, 0) is 6.61 Å². The summed E-state index contributed by atoms with van der Waals surface area (Å²) < 4.78 is 6.27. The molecule has 2 heterocycles. The Morgan fingerprint density at radius 1 is 1.39 bits per heavy atom. The molecule has 92 valence electrons. The van der Waals surface area contributed by atoms with E-state index in [9.17, 15) is 4.79 Å². The van der Waals surface area contributed by atoms with Crippen molar-refractivity contribution in [1.29, 1.82) is 0 Å². The molecule has 0 aliphatic rings. The van der Waals surface area contributed by atoms with Crippen molar-refractivity contribution >= 4 is 21.9 Å². The number of hydrogen-bond donors (Lipinski definition) is 1. The Morgan fingerprint density at radius 2 is 2.22 bits per heavy atom. The monoisotopic (exact) mass is 308 g/mol. The average Bonchev–Trinajstić information content (AvgIpc) is 2.37. The number of carboxylic acids is 1. The Bertz CT molecular complexity index is 575. The van der Waals surface area contributed by atoms with Gasteiger partial charge in [-0.2, -0.15) is 0 Å². The summed E-state index contributed by atoms with van der Waals surface area (Å²) >= 11 is 3.28. The summed E-state index contributed by atoms with van der Waals surface area (Å²) in [5.74, 6) is -0.465. The van der Waals surface area contributed by atoms with E-state index in [1.165, 1.54) is 6.07 Å². The zero-order valence-electron chi connectivity index (χ0n) is 9.21. The number of ether oxygens (including phenoxy) is 1. The lowest BCUT2D eigenvalue weighted by molar-refractivity contribution is 0.0690. The fourth-order valence-corrected chi connectivity index (χ4v) is 1.65. The molecule has 0 fully saturated rings. The predicted octanol–water partition coefficient (Wildman–Crippen LogP) is 2.52. The highest BCUT2D eigenvalue weighted by Crippen LogP contribution is 2.16. The number of aromatic carboxylic acids is 1. The van der Waals surface area contributed by atoms with Gasteiger partial charge >= 0.3 is 5.97 Å². The first kappa shape index (κ1) is 12.5. The molecule has 6 heteroatoms. The van der Waals surface area contributed by atoms with E-state index in [1.54, 1.807) is 30.6 Å². The van der Waals surface area contributed by atoms with Crippen molar-refractivity contribution in [3.05, 3.63) is 52.5 Å². The third-order valence-electron chi connectivity index (χ3n) is 2.09. The van der Waals surface area contributed by atoms with Crippen molar-refractivity contribution in [2.75, 3.05) is 0 Å². The average molecular weight is 309 g/mol. The maximum absolute atomic E-state index is 10.8. The molecule has 0 saturated heterocycles. The molecule has 5 nitrogen and oxygen atoms in total. The SMILES string of the molecule is O=C(O)c1cccc(COc2cncc(Br)c2)n1. The van der Waals surface area contributed by atoms with E-state index in [-0.39, 0.29) is 12.3 Å². The molecule has 0 aromatic carbocycles. The second kappa shape index (κ2) is 5.59. The van der Waals surface area contributed by atoms with Crippen LogP contribution in [0.1, 0.15) is 16.2 Å². The summed E-state index contributed by atoms with van der Waals surface area (Å²) in [4.78, 5) is 18.7. The number of rotatable bonds is 4. The molecule has 0 aliphatic heterocycles. The van der Waals surface area contributed by atoms with Gasteiger partial charge in [0, 0.05) is 10.7 Å². The fraction of sp³-hybridized carbons (Fsp3) is 0.0833. The van der Waals surface area contributed by atoms with Crippen LogP contribution in [0.2, 0.25) is 0 Å². The van der Waals surface area contributed by atoms with Gasteiger partial charge in [0.15, 0.2) is 0 Å². The van der Waals surface area contributed by atoms with Gasteiger partial charge in [-0.15, -0.1) is 0 Å². The number of halogens is 1. The van der Waals surface area contributed by atoms with Gasteiger partial charge in [0.25, 0.3) is 0 Å². The third-order valence-corrected chi connectivity index (χ3v) is 2.53. The molecule has 0 saturated carbocycles. The first-order valence-electron chi connectivity index (χ1n) is 5.08. The summed E-state index contributed by atoms with van der Waals surface area (Å²) in [7, 11) is 0. The van der Waals surface area contributed by atoms with E-state index in [0.29, 0.717) is 11.4 Å². The van der Waals surface area contributed by atoms with E-state index >= 15 is 0 Å². The molecule has 2 rings (SSSR count). The number of pyridine rings is 2. The van der Waals surface area contributed by atoms with Gasteiger partial charge in [0.05, 0.1) is 11.9 Å². The molecule has 18 heavy (non-hydrogen) atoms. The lowest BCUT2D eigenvalue weighted by Gasteiger charge is -2.05. The fourth-order valence-electron chi connectivity index (χ4n) is 1.31. The number of carbonyl (C=O) groups is 1. The minimum absolute atomic E-state index is 0.00321. The molecule has 0 aliphatic carbocycles. The van der Waals surface area contributed by atoms with Crippen LogP contribution in [0.3, 0.4) is 0 Å². The standard InChI is InChI=1S/C12H9BrN2O3/c13-8-4-10(6-14-5-8)18-7-9-2-1-3-11(15-9)12(16)17/h1-6H,7H2,(H,16,17). The molecule has 0 amide bonds. The Hall–Kier alpha value is -1.95. The van der Waals surface area contributed by atoms with E-state index in [1.807, 2.05) is 0 Å². The molecular weight excluding hydrogens is 300 g/mol. The Labute approximate surface area is 112 Å². The lowest BCUT2D eigenvalue weighted by atomic mass is 10.3. The first-order valence-corrected chi connectivity index (χ1v) is 5.87. The van der Waals surface area contributed by atoms with Crippen LogP contribution in [0.15, 0.2) is 41.1 Å². The van der Waals surface area contributed by atoms with E-state index in [2.05, 4.69) is 25.9 Å². The normalized spacial score (nSPS) is 10.1. The van der Waals surface area contributed by atoms with Gasteiger partial charge in [-0.1, -0.05) is 6.07 Å².